The summed E-state index contributed by atoms with van der Waals surface area (Å²) in [7, 11) is 1.98. The lowest BCUT2D eigenvalue weighted by molar-refractivity contribution is 0.153. The van der Waals surface area contributed by atoms with Crippen molar-refractivity contribution in [3.8, 4) is 0 Å². The molecule has 2 aliphatic rings. The Morgan fingerprint density at radius 2 is 1.91 bits per heavy atom. The molecule has 0 unspecified atom stereocenters. The third-order valence-electron chi connectivity index (χ3n) is 5.32. The van der Waals surface area contributed by atoms with Crippen LogP contribution in [0.5, 0.6) is 0 Å². The first-order valence-corrected chi connectivity index (χ1v) is 8.46. The maximum absolute atomic E-state index is 4.27. The number of aryl methyl sites for hydroxylation is 1. The molecule has 0 atom stereocenters. The predicted molar refractivity (Wildman–Crippen MR) is 92.3 cm³/mol. The highest BCUT2D eigenvalue weighted by atomic mass is 15.1. The van der Waals surface area contributed by atoms with Gasteiger partial charge in [-0.25, -0.2) is 0 Å². The Balaban J connectivity index is 0.000000693. The topological polar surface area (TPSA) is 40.7 Å². The van der Waals surface area contributed by atoms with Gasteiger partial charge in [-0.1, -0.05) is 26.0 Å². The van der Waals surface area contributed by atoms with E-state index in [4.69, 9.17) is 0 Å². The average Bonchev–Trinajstić information content (AvgIpc) is 3.22. The van der Waals surface area contributed by atoms with Crippen LogP contribution in [0.1, 0.15) is 56.4 Å². The van der Waals surface area contributed by atoms with Crippen LogP contribution in [-0.2, 0) is 5.41 Å². The summed E-state index contributed by atoms with van der Waals surface area (Å²) in [4.78, 5) is 0. The molecule has 0 amide bonds. The average molecular weight is 297 g/mol. The molecule has 3 nitrogen and oxygen atoms in total. The van der Waals surface area contributed by atoms with Crippen LogP contribution < -0.4 is 5.32 Å². The van der Waals surface area contributed by atoms with Crippen LogP contribution in [0.25, 0.3) is 0 Å². The molecule has 118 valence electrons. The quantitative estimate of drug-likeness (QED) is 0.866. The van der Waals surface area contributed by atoms with E-state index in [0.29, 0.717) is 5.41 Å². The van der Waals surface area contributed by atoms with Crippen molar-refractivity contribution in [2.45, 2.75) is 51.9 Å². The SMILES string of the molecule is CC.CNc1cccc(C2(c3[nH]ncc3C)CC3(CC3)C2)c1. The number of nitrogens with zero attached hydrogens (tertiary/aromatic N) is 1. The van der Waals surface area contributed by atoms with Crippen molar-refractivity contribution in [2.75, 3.05) is 12.4 Å². The Kier molecular flexibility index (Phi) is 3.75. The van der Waals surface area contributed by atoms with E-state index >= 15 is 0 Å². The molecule has 2 N–H and O–H groups in total. The van der Waals surface area contributed by atoms with Crippen LogP contribution >= 0.6 is 0 Å². The standard InChI is InChI=1S/C17H21N3.C2H6/c1-12-9-19-20-15(12)17(10-16(11-17)6-7-16)13-4-3-5-14(8-13)18-2;1-2/h3-5,8-9,18H,6-7,10-11H2,1-2H3,(H,19,20);1-2H3. The molecule has 4 rings (SSSR count). The molecule has 0 saturated heterocycles. The molecule has 1 heterocycles. The van der Waals surface area contributed by atoms with Gasteiger partial charge >= 0.3 is 0 Å². The molecule has 2 aromatic rings. The largest absolute Gasteiger partial charge is 0.388 e. The van der Waals surface area contributed by atoms with Gasteiger partial charge in [0.2, 0.25) is 0 Å². The van der Waals surface area contributed by atoms with Gasteiger partial charge in [-0.05, 0) is 61.3 Å². The predicted octanol–water partition coefficient (Wildman–Crippen LogP) is 4.65. The van der Waals surface area contributed by atoms with E-state index in [1.54, 1.807) is 0 Å². The number of anilines is 1. The maximum atomic E-state index is 4.27. The normalized spacial score (nSPS) is 19.8. The Labute approximate surface area is 133 Å². The summed E-state index contributed by atoms with van der Waals surface area (Å²) < 4.78 is 0. The van der Waals surface area contributed by atoms with Crippen LogP contribution in [0.4, 0.5) is 5.69 Å². The zero-order valence-corrected chi connectivity index (χ0v) is 14.2. The summed E-state index contributed by atoms with van der Waals surface area (Å²) in [6.07, 6.45) is 7.32. The van der Waals surface area contributed by atoms with Gasteiger partial charge in [-0.2, -0.15) is 5.10 Å². The first kappa shape index (κ1) is 15.1. The molecule has 0 bridgehead atoms. The Morgan fingerprint density at radius 1 is 1.18 bits per heavy atom. The smallest absolute Gasteiger partial charge is 0.0519 e. The number of aromatic nitrogens is 2. The van der Waals surface area contributed by atoms with Gasteiger partial charge in [-0.15, -0.1) is 0 Å². The molecule has 0 radical (unpaired) electrons. The molecule has 2 saturated carbocycles. The summed E-state index contributed by atoms with van der Waals surface area (Å²) in [5.74, 6) is 0. The second-order valence-corrected chi connectivity index (χ2v) is 6.69. The van der Waals surface area contributed by atoms with Crippen molar-refractivity contribution in [3.05, 3.63) is 47.3 Å². The lowest BCUT2D eigenvalue weighted by atomic mass is 9.54. The van der Waals surface area contributed by atoms with E-state index in [-0.39, 0.29) is 5.41 Å². The second-order valence-electron chi connectivity index (χ2n) is 6.69. The lowest BCUT2D eigenvalue weighted by Gasteiger charge is -2.49. The van der Waals surface area contributed by atoms with Gasteiger partial charge in [0.1, 0.15) is 0 Å². The van der Waals surface area contributed by atoms with Crippen LogP contribution in [0.3, 0.4) is 0 Å². The highest BCUT2D eigenvalue weighted by Gasteiger charge is 2.62. The molecule has 0 aliphatic heterocycles. The number of hydrogen-bond donors (Lipinski definition) is 2. The zero-order chi connectivity index (χ0) is 15.8. The Hall–Kier alpha value is -1.77. The highest BCUT2D eigenvalue weighted by molar-refractivity contribution is 5.52. The first-order valence-electron chi connectivity index (χ1n) is 8.46. The van der Waals surface area contributed by atoms with Gasteiger partial charge < -0.3 is 5.32 Å². The number of nitrogens with one attached hydrogen (secondary N) is 2. The van der Waals surface area contributed by atoms with E-state index in [9.17, 15) is 0 Å². The third-order valence-corrected chi connectivity index (χ3v) is 5.32. The molecular formula is C19H27N3. The van der Waals surface area contributed by atoms with Crippen molar-refractivity contribution in [1.82, 2.24) is 10.2 Å². The number of H-pyrrole nitrogens is 1. The summed E-state index contributed by atoms with van der Waals surface area (Å²) in [5.41, 5.74) is 6.03. The number of rotatable bonds is 3. The molecule has 2 aliphatic carbocycles. The number of benzene rings is 1. The Morgan fingerprint density at radius 3 is 2.45 bits per heavy atom. The fourth-order valence-electron chi connectivity index (χ4n) is 4.09. The van der Waals surface area contributed by atoms with Crippen molar-refractivity contribution in [2.24, 2.45) is 5.41 Å². The third kappa shape index (κ3) is 2.23. The van der Waals surface area contributed by atoms with E-state index in [1.165, 1.54) is 48.2 Å². The van der Waals surface area contributed by atoms with Crippen molar-refractivity contribution in [1.29, 1.82) is 0 Å². The van der Waals surface area contributed by atoms with Crippen molar-refractivity contribution < 1.29 is 0 Å². The number of aromatic amines is 1. The molecule has 3 heteroatoms. The van der Waals surface area contributed by atoms with Gasteiger partial charge in [0.05, 0.1) is 6.20 Å². The first-order chi connectivity index (χ1) is 10.7. The maximum Gasteiger partial charge on any atom is 0.0519 e. The Bertz CT molecular complexity index is 644. The minimum atomic E-state index is 0.157. The lowest BCUT2D eigenvalue weighted by Crippen LogP contribution is -2.44. The zero-order valence-electron chi connectivity index (χ0n) is 14.2. The van der Waals surface area contributed by atoms with E-state index < -0.39 is 0 Å². The van der Waals surface area contributed by atoms with Gasteiger partial charge in [0, 0.05) is 23.8 Å². The molecule has 1 aromatic carbocycles. The second kappa shape index (κ2) is 5.45. The van der Waals surface area contributed by atoms with Gasteiger partial charge in [0.15, 0.2) is 0 Å². The fourth-order valence-corrected chi connectivity index (χ4v) is 4.09. The summed E-state index contributed by atoms with van der Waals surface area (Å²) >= 11 is 0. The number of hydrogen-bond acceptors (Lipinski definition) is 2. The minimum absolute atomic E-state index is 0.157. The molecule has 1 aromatic heterocycles. The van der Waals surface area contributed by atoms with Crippen LogP contribution in [0, 0.1) is 12.3 Å². The van der Waals surface area contributed by atoms with E-state index in [0.717, 1.165) is 0 Å². The van der Waals surface area contributed by atoms with Crippen LogP contribution in [0.15, 0.2) is 30.5 Å². The van der Waals surface area contributed by atoms with Crippen molar-refractivity contribution >= 4 is 5.69 Å². The molecule has 1 spiro atoms. The molecule has 22 heavy (non-hydrogen) atoms. The highest BCUT2D eigenvalue weighted by Crippen LogP contribution is 2.70. The van der Waals surface area contributed by atoms with Gasteiger partial charge in [0.25, 0.3) is 0 Å². The van der Waals surface area contributed by atoms with E-state index in [1.807, 2.05) is 27.1 Å². The summed E-state index contributed by atoms with van der Waals surface area (Å²) in [6, 6.07) is 8.86. The van der Waals surface area contributed by atoms with Gasteiger partial charge in [-0.3, -0.25) is 5.10 Å². The summed E-state index contributed by atoms with van der Waals surface area (Å²) in [6.45, 7) is 6.17. The monoisotopic (exact) mass is 297 g/mol. The molecule has 2 fully saturated rings. The minimum Gasteiger partial charge on any atom is -0.388 e. The van der Waals surface area contributed by atoms with Crippen LogP contribution in [0.2, 0.25) is 0 Å². The molecular weight excluding hydrogens is 270 g/mol. The van der Waals surface area contributed by atoms with Crippen LogP contribution in [-0.4, -0.2) is 17.2 Å². The fraction of sp³-hybridized carbons (Fsp3) is 0.526. The van der Waals surface area contributed by atoms with Crippen molar-refractivity contribution in [3.63, 3.8) is 0 Å². The summed E-state index contributed by atoms with van der Waals surface area (Å²) in [5, 5.41) is 10.8. The van der Waals surface area contributed by atoms with E-state index in [2.05, 4.69) is 46.7 Å².